The molecule has 1 aliphatic rings. The van der Waals surface area contributed by atoms with E-state index in [9.17, 15) is 23.2 Å². The number of alkyl halides is 3. The molecule has 2 heterocycles. The lowest BCUT2D eigenvalue weighted by Gasteiger charge is -2.05. The van der Waals surface area contributed by atoms with Crippen LogP contribution in [0.25, 0.3) is 0 Å². The molecule has 0 unspecified atom stereocenters. The molecule has 120 valence electrons. The van der Waals surface area contributed by atoms with Crippen molar-refractivity contribution in [2.75, 3.05) is 5.32 Å². The van der Waals surface area contributed by atoms with Crippen LogP contribution in [0.5, 0.6) is 0 Å². The molecule has 1 saturated carbocycles. The second-order valence-electron chi connectivity index (χ2n) is 5.25. The van der Waals surface area contributed by atoms with E-state index in [0.717, 1.165) is 29.9 Å². The molecule has 10 heteroatoms. The van der Waals surface area contributed by atoms with Gasteiger partial charge in [0.2, 0.25) is 0 Å². The van der Waals surface area contributed by atoms with Crippen LogP contribution in [0.1, 0.15) is 40.5 Å². The summed E-state index contributed by atoms with van der Waals surface area (Å²) in [4.78, 5) is 15.7. The smallest absolute Gasteiger partial charge is 0.328 e. The number of nitriles is 1. The third kappa shape index (κ3) is 3.33. The standard InChI is InChI=1S/C13H11F3N6O/c14-13(15,16)5-22-4-9(18-6-22)12(23)19-11-8(3-17)10(20-21-11)7-1-2-7/h4,6-7H,1-2,5H2,(H2,19,20,21,23). The molecule has 0 spiro atoms. The number of amides is 1. The summed E-state index contributed by atoms with van der Waals surface area (Å²) in [6.45, 7) is -1.23. The van der Waals surface area contributed by atoms with Gasteiger partial charge in [-0.2, -0.15) is 23.5 Å². The molecule has 2 aromatic rings. The van der Waals surface area contributed by atoms with Crippen molar-refractivity contribution in [3.8, 4) is 6.07 Å². The van der Waals surface area contributed by atoms with Gasteiger partial charge in [0.1, 0.15) is 23.9 Å². The lowest BCUT2D eigenvalue weighted by Crippen LogP contribution is -2.17. The Morgan fingerprint density at radius 2 is 2.26 bits per heavy atom. The SMILES string of the molecule is N#Cc1c(NC(=O)c2cn(CC(F)(F)F)cn2)n[nH]c1C1CC1. The van der Waals surface area contributed by atoms with Crippen molar-refractivity contribution in [3.05, 3.63) is 29.5 Å². The van der Waals surface area contributed by atoms with Gasteiger partial charge in [0, 0.05) is 12.1 Å². The fourth-order valence-electron chi connectivity index (χ4n) is 2.17. The zero-order valence-electron chi connectivity index (χ0n) is 11.7. The van der Waals surface area contributed by atoms with Gasteiger partial charge in [0.15, 0.2) is 5.82 Å². The molecule has 0 radical (unpaired) electrons. The molecule has 1 fully saturated rings. The monoisotopic (exact) mass is 324 g/mol. The molecule has 23 heavy (non-hydrogen) atoms. The quantitative estimate of drug-likeness (QED) is 0.900. The van der Waals surface area contributed by atoms with E-state index in [1.54, 1.807) is 0 Å². The predicted octanol–water partition coefficient (Wildman–Crippen LogP) is 2.17. The average molecular weight is 324 g/mol. The number of aromatic amines is 1. The Balaban J connectivity index is 1.74. The first kappa shape index (κ1) is 15.1. The summed E-state index contributed by atoms with van der Waals surface area (Å²) in [7, 11) is 0. The zero-order valence-corrected chi connectivity index (χ0v) is 11.7. The summed E-state index contributed by atoms with van der Waals surface area (Å²) in [5.41, 5.74) is 0.732. The minimum atomic E-state index is -4.40. The first-order chi connectivity index (χ1) is 10.9. The highest BCUT2D eigenvalue weighted by Gasteiger charge is 2.31. The van der Waals surface area contributed by atoms with Gasteiger partial charge in [-0.1, -0.05) is 0 Å². The second kappa shape index (κ2) is 5.42. The van der Waals surface area contributed by atoms with E-state index < -0.39 is 18.6 Å². The maximum Gasteiger partial charge on any atom is 0.406 e. The number of rotatable bonds is 4. The zero-order chi connectivity index (χ0) is 16.6. The van der Waals surface area contributed by atoms with Crippen LogP contribution in [0.2, 0.25) is 0 Å². The number of carbonyl (C=O) groups is 1. The van der Waals surface area contributed by atoms with E-state index in [0.29, 0.717) is 5.69 Å². The van der Waals surface area contributed by atoms with E-state index in [4.69, 9.17) is 0 Å². The van der Waals surface area contributed by atoms with Gasteiger partial charge in [0.25, 0.3) is 5.91 Å². The van der Waals surface area contributed by atoms with Crippen LogP contribution in [-0.2, 0) is 6.54 Å². The number of anilines is 1. The number of aromatic nitrogens is 4. The van der Waals surface area contributed by atoms with Crippen LogP contribution in [0.15, 0.2) is 12.5 Å². The summed E-state index contributed by atoms with van der Waals surface area (Å²) in [6.07, 6.45) is -0.584. The Hall–Kier alpha value is -2.83. The number of H-pyrrole nitrogens is 1. The molecule has 1 aliphatic carbocycles. The first-order valence-electron chi connectivity index (χ1n) is 6.75. The first-order valence-corrected chi connectivity index (χ1v) is 6.75. The minimum Gasteiger partial charge on any atom is -0.328 e. The van der Waals surface area contributed by atoms with Crippen molar-refractivity contribution in [2.24, 2.45) is 0 Å². The van der Waals surface area contributed by atoms with Gasteiger partial charge in [-0.25, -0.2) is 4.98 Å². The van der Waals surface area contributed by atoms with Crippen molar-refractivity contribution >= 4 is 11.7 Å². The third-order valence-electron chi connectivity index (χ3n) is 3.35. The van der Waals surface area contributed by atoms with Gasteiger partial charge in [-0.05, 0) is 12.8 Å². The van der Waals surface area contributed by atoms with Crippen molar-refractivity contribution in [1.29, 1.82) is 5.26 Å². The molecule has 0 aromatic carbocycles. The average Bonchev–Trinajstić information content (AvgIpc) is 3.07. The second-order valence-corrected chi connectivity index (χ2v) is 5.25. The van der Waals surface area contributed by atoms with Gasteiger partial charge in [0.05, 0.1) is 12.0 Å². The van der Waals surface area contributed by atoms with Crippen LogP contribution < -0.4 is 5.32 Å². The molecule has 0 bridgehead atoms. The molecule has 2 N–H and O–H groups in total. The molecule has 0 atom stereocenters. The maximum atomic E-state index is 12.3. The van der Waals surface area contributed by atoms with E-state index in [-0.39, 0.29) is 23.0 Å². The minimum absolute atomic E-state index is 0.0600. The highest BCUT2D eigenvalue weighted by atomic mass is 19.4. The number of nitrogens with zero attached hydrogens (tertiary/aromatic N) is 4. The Labute approximate surface area is 128 Å². The van der Waals surface area contributed by atoms with Gasteiger partial charge in [-0.3, -0.25) is 9.89 Å². The number of nitrogens with one attached hydrogen (secondary N) is 2. The topological polar surface area (TPSA) is 99.4 Å². The molecule has 0 saturated heterocycles. The Kier molecular flexibility index (Phi) is 3.55. The summed E-state index contributed by atoms with van der Waals surface area (Å²) in [6, 6.07) is 1.98. The van der Waals surface area contributed by atoms with Crippen LogP contribution in [0, 0.1) is 11.3 Å². The fourth-order valence-corrected chi connectivity index (χ4v) is 2.17. The van der Waals surface area contributed by atoms with Gasteiger partial charge < -0.3 is 9.88 Å². The molecule has 7 nitrogen and oxygen atoms in total. The highest BCUT2D eigenvalue weighted by Crippen LogP contribution is 2.41. The Bertz CT molecular complexity index is 780. The largest absolute Gasteiger partial charge is 0.406 e. The predicted molar refractivity (Wildman–Crippen MR) is 71.5 cm³/mol. The number of hydrogen-bond donors (Lipinski definition) is 2. The van der Waals surface area contributed by atoms with E-state index in [1.807, 2.05) is 6.07 Å². The number of halogens is 3. The molecule has 1 amide bonds. The van der Waals surface area contributed by atoms with Crippen LogP contribution >= 0.6 is 0 Å². The number of hydrogen-bond acceptors (Lipinski definition) is 4. The molecule has 3 rings (SSSR count). The summed E-state index contributed by atoms with van der Waals surface area (Å²) < 4.78 is 37.6. The fraction of sp³-hybridized carbons (Fsp3) is 0.385. The van der Waals surface area contributed by atoms with Gasteiger partial charge in [-0.15, -0.1) is 0 Å². The van der Waals surface area contributed by atoms with Crippen molar-refractivity contribution < 1.29 is 18.0 Å². The van der Waals surface area contributed by atoms with E-state index in [2.05, 4.69) is 20.5 Å². The summed E-state index contributed by atoms with van der Waals surface area (Å²) in [5, 5.41) is 18.2. The molecular formula is C13H11F3N6O. The number of imidazole rings is 1. The van der Waals surface area contributed by atoms with E-state index >= 15 is 0 Å². The van der Waals surface area contributed by atoms with Crippen molar-refractivity contribution in [2.45, 2.75) is 31.5 Å². The Morgan fingerprint density at radius 1 is 1.52 bits per heavy atom. The van der Waals surface area contributed by atoms with Crippen molar-refractivity contribution in [3.63, 3.8) is 0 Å². The van der Waals surface area contributed by atoms with E-state index in [1.165, 1.54) is 0 Å². The normalized spacial score (nSPS) is 14.5. The highest BCUT2D eigenvalue weighted by molar-refractivity contribution is 6.02. The summed E-state index contributed by atoms with van der Waals surface area (Å²) in [5.74, 6) is -0.421. The molecule has 0 aliphatic heterocycles. The van der Waals surface area contributed by atoms with Crippen LogP contribution in [-0.4, -0.2) is 31.8 Å². The Morgan fingerprint density at radius 3 is 2.87 bits per heavy atom. The summed E-state index contributed by atoms with van der Waals surface area (Å²) >= 11 is 0. The lowest BCUT2D eigenvalue weighted by atomic mass is 10.2. The molecule has 2 aromatic heterocycles. The number of carbonyl (C=O) groups excluding carboxylic acids is 1. The third-order valence-corrected chi connectivity index (χ3v) is 3.35. The van der Waals surface area contributed by atoms with Gasteiger partial charge >= 0.3 is 6.18 Å². The van der Waals surface area contributed by atoms with Crippen molar-refractivity contribution in [1.82, 2.24) is 19.7 Å². The van der Waals surface area contributed by atoms with Crippen LogP contribution in [0.4, 0.5) is 19.0 Å². The van der Waals surface area contributed by atoms with Crippen LogP contribution in [0.3, 0.4) is 0 Å². The molecular weight excluding hydrogens is 313 g/mol. The maximum absolute atomic E-state index is 12.3. The lowest BCUT2D eigenvalue weighted by molar-refractivity contribution is -0.140.